The minimum Gasteiger partial charge on any atom is -0.491 e. The van der Waals surface area contributed by atoms with Crippen LogP contribution >= 0.6 is 0 Å². The molecule has 0 aliphatic carbocycles. The molecule has 11 heavy (non-hydrogen) atoms. The predicted octanol–water partition coefficient (Wildman–Crippen LogP) is 0.594. The Bertz CT molecular complexity index is 276. The lowest BCUT2D eigenvalue weighted by Gasteiger charge is -1.97. The van der Waals surface area contributed by atoms with E-state index in [1.807, 2.05) is 0 Å². The molecule has 58 valence electrons. The van der Waals surface area contributed by atoms with Gasteiger partial charge < -0.3 is 10.2 Å². The number of rotatable bonds is 1. The highest BCUT2D eigenvalue weighted by Gasteiger charge is 2.09. The second-order valence-corrected chi connectivity index (χ2v) is 1.87. The molecule has 6 nitrogen and oxygen atoms in total. The molecule has 0 fully saturated rings. The van der Waals surface area contributed by atoms with Crippen LogP contribution in [0, 0.1) is 11.8 Å². The zero-order valence-electron chi connectivity index (χ0n) is 5.64. The van der Waals surface area contributed by atoms with Gasteiger partial charge in [-0.15, -0.1) is 4.91 Å². The van der Waals surface area contributed by atoms with Crippen LogP contribution in [0.3, 0.4) is 0 Å². The summed E-state index contributed by atoms with van der Waals surface area (Å²) in [6.45, 7) is 1.43. The maximum atomic E-state index is 9.99. The van der Waals surface area contributed by atoms with E-state index in [1.165, 1.54) is 6.92 Å². The predicted molar refractivity (Wildman–Crippen MR) is 35.6 cm³/mol. The molecule has 0 saturated carbocycles. The van der Waals surface area contributed by atoms with Gasteiger partial charge in [-0.2, -0.15) is 9.97 Å². The Balaban J connectivity index is 3.36. The lowest BCUT2D eigenvalue weighted by molar-refractivity contribution is 0.397. The fourth-order valence-electron chi connectivity index (χ4n) is 0.644. The molecular weight excluding hydrogens is 150 g/mol. The van der Waals surface area contributed by atoms with Crippen LogP contribution in [-0.4, -0.2) is 20.2 Å². The largest absolute Gasteiger partial charge is 0.491 e. The fourth-order valence-corrected chi connectivity index (χ4v) is 0.644. The highest BCUT2D eigenvalue weighted by Crippen LogP contribution is 2.27. The second-order valence-electron chi connectivity index (χ2n) is 1.87. The van der Waals surface area contributed by atoms with Crippen molar-refractivity contribution in [1.82, 2.24) is 9.97 Å². The van der Waals surface area contributed by atoms with E-state index < -0.39 is 11.9 Å². The molecule has 0 aromatic carbocycles. The van der Waals surface area contributed by atoms with Crippen LogP contribution in [0.1, 0.15) is 5.69 Å². The van der Waals surface area contributed by atoms with Gasteiger partial charge >= 0.3 is 6.01 Å². The standard InChI is InChI=1S/C5H5N3O3/c1-2-3(8-11)4(9)7-5(10)6-2/h1H3,(H2,6,7,9,10). The van der Waals surface area contributed by atoms with E-state index in [9.17, 15) is 4.91 Å². The molecule has 1 aromatic rings. The third-order valence-electron chi connectivity index (χ3n) is 1.12. The molecule has 0 atom stereocenters. The summed E-state index contributed by atoms with van der Waals surface area (Å²) in [4.78, 5) is 16.5. The summed E-state index contributed by atoms with van der Waals surface area (Å²) in [7, 11) is 0. The van der Waals surface area contributed by atoms with Crippen molar-refractivity contribution in [3.8, 4) is 11.9 Å². The van der Waals surface area contributed by atoms with Gasteiger partial charge in [0.05, 0.1) is 5.69 Å². The molecule has 1 rings (SSSR count). The SMILES string of the molecule is Cc1nc(O)nc(O)c1N=O. The van der Waals surface area contributed by atoms with Crippen molar-refractivity contribution in [2.75, 3.05) is 0 Å². The summed E-state index contributed by atoms with van der Waals surface area (Å²) < 4.78 is 0. The van der Waals surface area contributed by atoms with Crippen LogP contribution in [0.15, 0.2) is 5.18 Å². The zero-order valence-corrected chi connectivity index (χ0v) is 5.64. The third kappa shape index (κ3) is 1.23. The maximum absolute atomic E-state index is 9.99. The Hall–Kier alpha value is -1.72. The molecule has 0 bridgehead atoms. The first-order valence-electron chi connectivity index (χ1n) is 2.75. The van der Waals surface area contributed by atoms with Crippen LogP contribution in [0.2, 0.25) is 0 Å². The van der Waals surface area contributed by atoms with E-state index in [0.717, 1.165) is 0 Å². The van der Waals surface area contributed by atoms with Gasteiger partial charge in [-0.25, -0.2) is 0 Å². The summed E-state index contributed by atoms with van der Waals surface area (Å²) in [6.07, 6.45) is 0. The van der Waals surface area contributed by atoms with Gasteiger partial charge in [-0.05, 0) is 12.1 Å². The number of aromatic hydroxyl groups is 2. The summed E-state index contributed by atoms with van der Waals surface area (Å²) in [5, 5.41) is 20.0. The first kappa shape index (κ1) is 7.39. The molecule has 0 radical (unpaired) electrons. The number of nitrogens with zero attached hydrogens (tertiary/aromatic N) is 3. The molecular formula is C5H5N3O3. The summed E-state index contributed by atoms with van der Waals surface area (Å²) in [5.41, 5.74) is -0.104. The average Bonchev–Trinajstić information content (AvgIpc) is 1.85. The maximum Gasteiger partial charge on any atom is 0.317 e. The molecule has 1 heterocycles. The highest BCUT2D eigenvalue weighted by molar-refractivity contribution is 5.50. The number of hydrogen-bond acceptors (Lipinski definition) is 6. The van der Waals surface area contributed by atoms with Crippen LogP contribution in [-0.2, 0) is 0 Å². The first-order valence-corrected chi connectivity index (χ1v) is 2.75. The van der Waals surface area contributed by atoms with Gasteiger partial charge in [0.25, 0.3) is 0 Å². The molecule has 0 unspecified atom stereocenters. The van der Waals surface area contributed by atoms with E-state index in [2.05, 4.69) is 15.1 Å². The number of aryl methyl sites for hydroxylation is 1. The Morgan fingerprint density at radius 2 is 2.00 bits per heavy atom. The van der Waals surface area contributed by atoms with Gasteiger partial charge in [0, 0.05) is 0 Å². The van der Waals surface area contributed by atoms with Crippen LogP contribution in [0.4, 0.5) is 5.69 Å². The van der Waals surface area contributed by atoms with Crippen molar-refractivity contribution in [3.05, 3.63) is 10.6 Å². The van der Waals surface area contributed by atoms with Crippen LogP contribution < -0.4 is 0 Å². The smallest absolute Gasteiger partial charge is 0.317 e. The first-order chi connectivity index (χ1) is 5.15. The lowest BCUT2D eigenvalue weighted by atomic mass is 10.4. The molecule has 1 aromatic heterocycles. The zero-order chi connectivity index (χ0) is 8.43. The molecule has 2 N–H and O–H groups in total. The van der Waals surface area contributed by atoms with Crippen molar-refractivity contribution in [1.29, 1.82) is 0 Å². The van der Waals surface area contributed by atoms with Gasteiger partial charge in [0.1, 0.15) is 0 Å². The number of nitroso groups, excluding NO2 is 1. The number of aromatic nitrogens is 2. The van der Waals surface area contributed by atoms with E-state index >= 15 is 0 Å². The topological polar surface area (TPSA) is 95.7 Å². The molecule has 0 saturated heterocycles. The quantitative estimate of drug-likeness (QED) is 0.578. The summed E-state index contributed by atoms with van der Waals surface area (Å²) in [6, 6.07) is -0.576. The van der Waals surface area contributed by atoms with E-state index in [4.69, 9.17) is 10.2 Å². The van der Waals surface area contributed by atoms with Crippen molar-refractivity contribution in [2.24, 2.45) is 5.18 Å². The van der Waals surface area contributed by atoms with Gasteiger partial charge in [-0.3, -0.25) is 0 Å². The second kappa shape index (κ2) is 2.49. The molecule has 6 heteroatoms. The average molecular weight is 155 g/mol. The minimum absolute atomic E-state index is 0.144. The third-order valence-corrected chi connectivity index (χ3v) is 1.12. The summed E-state index contributed by atoms with van der Waals surface area (Å²) >= 11 is 0. The van der Waals surface area contributed by atoms with Crippen molar-refractivity contribution in [3.63, 3.8) is 0 Å². The van der Waals surface area contributed by atoms with E-state index in [-0.39, 0.29) is 11.4 Å². The Labute approximate surface area is 61.5 Å². The van der Waals surface area contributed by atoms with Crippen molar-refractivity contribution in [2.45, 2.75) is 6.92 Å². The van der Waals surface area contributed by atoms with E-state index in [1.54, 1.807) is 0 Å². The fraction of sp³-hybridized carbons (Fsp3) is 0.200. The van der Waals surface area contributed by atoms with Gasteiger partial charge in [0.2, 0.25) is 5.88 Å². The van der Waals surface area contributed by atoms with Gasteiger partial charge in [-0.1, -0.05) is 0 Å². The molecule has 0 aliphatic rings. The monoisotopic (exact) mass is 155 g/mol. The minimum atomic E-state index is -0.606. The summed E-state index contributed by atoms with van der Waals surface area (Å²) in [5.74, 6) is -0.606. The highest BCUT2D eigenvalue weighted by atomic mass is 16.3. The van der Waals surface area contributed by atoms with Crippen LogP contribution in [0.5, 0.6) is 11.9 Å². The molecule has 0 aliphatic heterocycles. The molecule has 0 spiro atoms. The Kier molecular flexibility index (Phi) is 1.67. The lowest BCUT2D eigenvalue weighted by Crippen LogP contribution is -1.86. The van der Waals surface area contributed by atoms with Crippen molar-refractivity contribution < 1.29 is 10.2 Å². The number of hydrogen-bond donors (Lipinski definition) is 2. The normalized spacial score (nSPS) is 9.55. The molecule has 0 amide bonds. The van der Waals surface area contributed by atoms with Gasteiger partial charge in [0.15, 0.2) is 5.69 Å². The van der Waals surface area contributed by atoms with Crippen LogP contribution in [0.25, 0.3) is 0 Å². The van der Waals surface area contributed by atoms with E-state index in [0.29, 0.717) is 0 Å². The Morgan fingerprint density at radius 3 is 2.45 bits per heavy atom. The van der Waals surface area contributed by atoms with Crippen molar-refractivity contribution >= 4 is 5.69 Å². The Morgan fingerprint density at radius 1 is 1.36 bits per heavy atom.